The number of imidazole rings is 1. The van der Waals surface area contributed by atoms with Crippen molar-refractivity contribution in [3.63, 3.8) is 0 Å². The van der Waals surface area contributed by atoms with Crippen molar-refractivity contribution in [1.29, 1.82) is 0 Å². The van der Waals surface area contributed by atoms with Crippen molar-refractivity contribution in [2.75, 3.05) is 0 Å². The van der Waals surface area contributed by atoms with Gasteiger partial charge in [0.2, 0.25) is 0 Å². The van der Waals surface area contributed by atoms with Crippen LogP contribution in [0.2, 0.25) is 0 Å². The third-order valence-corrected chi connectivity index (χ3v) is 2.67. The van der Waals surface area contributed by atoms with E-state index in [1.54, 1.807) is 6.07 Å². The minimum Gasteiger partial charge on any atom is -0.480 e. The molecule has 0 aliphatic rings. The summed E-state index contributed by atoms with van der Waals surface area (Å²) in [5.74, 6) is -1.26. The fourth-order valence-corrected chi connectivity index (χ4v) is 1.66. The van der Waals surface area contributed by atoms with Gasteiger partial charge >= 0.3 is 5.97 Å². The maximum Gasteiger partial charge on any atom is 0.326 e. The fourth-order valence-electron chi connectivity index (χ4n) is 1.66. The van der Waals surface area contributed by atoms with E-state index in [1.165, 1.54) is 18.6 Å². The van der Waals surface area contributed by atoms with Crippen LogP contribution in [0.25, 0.3) is 0 Å². The monoisotopic (exact) mass is 278 g/mol. The number of amides is 1. The van der Waals surface area contributed by atoms with E-state index in [-0.39, 0.29) is 18.7 Å². The second-order valence-corrected chi connectivity index (χ2v) is 4.12. The van der Waals surface area contributed by atoms with E-state index in [0.717, 1.165) is 0 Å². The summed E-state index contributed by atoms with van der Waals surface area (Å²) in [5, 5.41) is 11.5. The number of hydrogen-bond acceptors (Lipinski definition) is 5. The molecule has 5 N–H and O–H groups in total. The lowest BCUT2D eigenvalue weighted by molar-refractivity contribution is -0.139. The van der Waals surface area contributed by atoms with Crippen molar-refractivity contribution in [3.8, 4) is 0 Å². The molecule has 2 aromatic rings. The molecule has 1 unspecified atom stereocenters. The van der Waals surface area contributed by atoms with E-state index in [0.29, 0.717) is 11.5 Å². The molecule has 2 heterocycles. The van der Waals surface area contributed by atoms with Crippen LogP contribution in [0.3, 0.4) is 0 Å². The molecule has 106 valence electrons. The fraction of sp³-hybridized carbons (Fsp3) is 0.250. The normalized spacial score (nSPS) is 12.1. The molecule has 0 spiro atoms. The minimum atomic E-state index is -1.14. The molecule has 0 aromatic carbocycles. The number of H-pyrrole nitrogens is 1. The van der Waals surface area contributed by atoms with E-state index >= 15 is 0 Å². The zero-order valence-electron chi connectivity index (χ0n) is 10.5. The predicted octanol–water partition coefficient (Wildman–Crippen LogP) is -0.113. The highest BCUT2D eigenvalue weighted by atomic mass is 16.4. The lowest BCUT2D eigenvalue weighted by atomic mass is 10.1. The van der Waals surface area contributed by atoms with Gasteiger partial charge in [0.15, 0.2) is 5.76 Å². The van der Waals surface area contributed by atoms with Crippen LogP contribution in [0.15, 0.2) is 29.1 Å². The second-order valence-electron chi connectivity index (χ2n) is 4.12. The summed E-state index contributed by atoms with van der Waals surface area (Å²) in [7, 11) is 0. The number of nitrogens with one attached hydrogen (secondary N) is 2. The maximum absolute atomic E-state index is 11.9. The van der Waals surface area contributed by atoms with Crippen LogP contribution >= 0.6 is 0 Å². The Hall–Kier alpha value is -2.61. The Kier molecular flexibility index (Phi) is 4.16. The first-order valence-electron chi connectivity index (χ1n) is 5.90. The van der Waals surface area contributed by atoms with E-state index in [9.17, 15) is 9.59 Å². The van der Waals surface area contributed by atoms with Crippen molar-refractivity contribution in [2.24, 2.45) is 5.73 Å². The van der Waals surface area contributed by atoms with Gasteiger partial charge in [-0.25, -0.2) is 9.78 Å². The Morgan fingerprint density at radius 1 is 1.50 bits per heavy atom. The molecule has 0 radical (unpaired) electrons. The molecule has 0 bridgehead atoms. The van der Waals surface area contributed by atoms with Gasteiger partial charge in [0.1, 0.15) is 11.8 Å². The Bertz CT molecular complexity index is 590. The van der Waals surface area contributed by atoms with Gasteiger partial charge in [-0.2, -0.15) is 0 Å². The van der Waals surface area contributed by atoms with Gasteiger partial charge in [0.05, 0.1) is 12.9 Å². The number of carboxylic acid groups (broad SMARTS) is 1. The number of aromatic nitrogens is 2. The van der Waals surface area contributed by atoms with Crippen LogP contribution in [0.4, 0.5) is 0 Å². The maximum atomic E-state index is 11.9. The zero-order valence-corrected chi connectivity index (χ0v) is 10.5. The smallest absolute Gasteiger partial charge is 0.326 e. The van der Waals surface area contributed by atoms with Crippen LogP contribution in [0.5, 0.6) is 0 Å². The number of aromatic amines is 1. The van der Waals surface area contributed by atoms with Gasteiger partial charge in [0.25, 0.3) is 5.91 Å². The van der Waals surface area contributed by atoms with Crippen molar-refractivity contribution in [3.05, 3.63) is 41.9 Å². The molecule has 8 nitrogen and oxygen atoms in total. The van der Waals surface area contributed by atoms with Gasteiger partial charge in [-0.1, -0.05) is 0 Å². The zero-order chi connectivity index (χ0) is 14.5. The predicted molar refractivity (Wildman–Crippen MR) is 67.8 cm³/mol. The van der Waals surface area contributed by atoms with Crippen molar-refractivity contribution < 1.29 is 19.1 Å². The van der Waals surface area contributed by atoms with Crippen LogP contribution in [0.1, 0.15) is 22.0 Å². The number of carbonyl (C=O) groups excluding carboxylic acids is 1. The molecule has 0 aliphatic carbocycles. The van der Waals surface area contributed by atoms with Crippen LogP contribution < -0.4 is 11.1 Å². The summed E-state index contributed by atoms with van der Waals surface area (Å²) in [4.78, 5) is 29.6. The standard InChI is InChI=1S/C12H14N4O4/c13-4-8-1-2-10(20-8)11(17)16-9(12(18)19)3-7-5-14-6-15-7/h1-2,5-6,9H,3-4,13H2,(H,14,15)(H,16,17)(H,18,19). The van der Waals surface area contributed by atoms with Crippen LogP contribution in [-0.2, 0) is 17.8 Å². The number of furan rings is 1. The lowest BCUT2D eigenvalue weighted by Crippen LogP contribution is -2.42. The Balaban J connectivity index is 2.04. The number of carboxylic acids is 1. The van der Waals surface area contributed by atoms with E-state index in [2.05, 4.69) is 15.3 Å². The minimum absolute atomic E-state index is 0.0290. The topological polar surface area (TPSA) is 134 Å². The second kappa shape index (κ2) is 6.02. The molecule has 8 heteroatoms. The first-order valence-corrected chi connectivity index (χ1v) is 5.90. The number of aliphatic carboxylic acids is 1. The molecule has 2 aromatic heterocycles. The van der Waals surface area contributed by atoms with Crippen molar-refractivity contribution in [2.45, 2.75) is 19.0 Å². The Labute approximate surface area is 114 Å². The quantitative estimate of drug-likeness (QED) is 0.582. The van der Waals surface area contributed by atoms with Gasteiger partial charge in [-0.05, 0) is 12.1 Å². The molecule has 2 rings (SSSR count). The molecule has 0 aliphatic heterocycles. The largest absolute Gasteiger partial charge is 0.480 e. The summed E-state index contributed by atoms with van der Waals surface area (Å²) in [6.45, 7) is 0.170. The first kappa shape index (κ1) is 13.8. The van der Waals surface area contributed by atoms with Crippen LogP contribution in [-0.4, -0.2) is 33.0 Å². The molecular weight excluding hydrogens is 264 g/mol. The highest BCUT2D eigenvalue weighted by Gasteiger charge is 2.23. The average molecular weight is 278 g/mol. The highest BCUT2D eigenvalue weighted by Crippen LogP contribution is 2.08. The van der Waals surface area contributed by atoms with Crippen molar-refractivity contribution >= 4 is 11.9 Å². The van der Waals surface area contributed by atoms with Gasteiger partial charge < -0.3 is 25.6 Å². The third kappa shape index (κ3) is 3.23. The number of nitrogens with two attached hydrogens (primary N) is 1. The highest BCUT2D eigenvalue weighted by molar-refractivity contribution is 5.94. The number of rotatable bonds is 6. The molecule has 1 amide bonds. The Morgan fingerprint density at radius 3 is 2.85 bits per heavy atom. The summed E-state index contributed by atoms with van der Waals surface area (Å²) in [5.41, 5.74) is 5.98. The lowest BCUT2D eigenvalue weighted by Gasteiger charge is -2.12. The van der Waals surface area contributed by atoms with Gasteiger partial charge in [-0.15, -0.1) is 0 Å². The molecule has 20 heavy (non-hydrogen) atoms. The molecular formula is C12H14N4O4. The first-order chi connectivity index (χ1) is 9.60. The number of carbonyl (C=O) groups is 2. The molecule has 0 saturated heterocycles. The Morgan fingerprint density at radius 2 is 2.30 bits per heavy atom. The summed E-state index contributed by atoms with van der Waals surface area (Å²) >= 11 is 0. The molecule has 0 saturated carbocycles. The SMILES string of the molecule is NCc1ccc(C(=O)NC(Cc2cnc[nH]2)C(=O)O)o1. The van der Waals surface area contributed by atoms with E-state index < -0.39 is 17.9 Å². The average Bonchev–Trinajstić information content (AvgIpc) is 3.08. The number of nitrogens with zero attached hydrogens (tertiary/aromatic N) is 1. The van der Waals surface area contributed by atoms with E-state index in [4.69, 9.17) is 15.3 Å². The van der Waals surface area contributed by atoms with E-state index in [1.807, 2.05) is 0 Å². The summed E-state index contributed by atoms with van der Waals surface area (Å²) in [6.07, 6.45) is 3.04. The molecule has 1 atom stereocenters. The summed E-state index contributed by atoms with van der Waals surface area (Å²) in [6, 6.07) is 1.95. The van der Waals surface area contributed by atoms with Crippen LogP contribution in [0, 0.1) is 0 Å². The molecule has 0 fully saturated rings. The van der Waals surface area contributed by atoms with Gasteiger partial charge in [0, 0.05) is 18.3 Å². The summed E-state index contributed by atoms with van der Waals surface area (Å²) < 4.78 is 5.16. The number of hydrogen-bond donors (Lipinski definition) is 4. The van der Waals surface area contributed by atoms with Crippen molar-refractivity contribution in [1.82, 2.24) is 15.3 Å². The third-order valence-electron chi connectivity index (χ3n) is 2.67. The van der Waals surface area contributed by atoms with Gasteiger partial charge in [-0.3, -0.25) is 4.79 Å².